The first-order chi connectivity index (χ1) is 12.1. The maximum absolute atomic E-state index is 13.2. The second kappa shape index (κ2) is 7.60. The molecule has 0 saturated carbocycles. The standard InChI is InChI=1S/C20H25NO4S/c1-13-11-14(2)16(4)19(15(13)3)26(23,24)21(5)12-17-7-9-18(10-8-17)20(22)25-6/h7-11H,12H2,1-6H3. The van der Waals surface area contributed by atoms with Crippen LogP contribution in [0.3, 0.4) is 0 Å². The first-order valence-corrected chi connectivity index (χ1v) is 9.74. The molecule has 140 valence electrons. The van der Waals surface area contributed by atoms with E-state index in [0.717, 1.165) is 27.8 Å². The van der Waals surface area contributed by atoms with E-state index in [1.54, 1.807) is 31.3 Å². The molecule has 0 heterocycles. The van der Waals surface area contributed by atoms with Crippen LogP contribution in [0.1, 0.15) is 38.2 Å². The maximum Gasteiger partial charge on any atom is 0.337 e. The van der Waals surface area contributed by atoms with Gasteiger partial charge in [-0.2, -0.15) is 4.31 Å². The summed E-state index contributed by atoms with van der Waals surface area (Å²) >= 11 is 0. The fraction of sp³-hybridized carbons (Fsp3) is 0.350. The zero-order valence-corrected chi connectivity index (χ0v) is 16.9. The van der Waals surface area contributed by atoms with E-state index in [2.05, 4.69) is 4.74 Å². The Balaban J connectivity index is 2.35. The van der Waals surface area contributed by atoms with Gasteiger partial charge >= 0.3 is 5.97 Å². The van der Waals surface area contributed by atoms with Gasteiger partial charge in [0.25, 0.3) is 0 Å². The van der Waals surface area contributed by atoms with Gasteiger partial charge in [-0.15, -0.1) is 0 Å². The van der Waals surface area contributed by atoms with Gasteiger partial charge < -0.3 is 4.74 Å². The smallest absolute Gasteiger partial charge is 0.337 e. The molecule has 0 N–H and O–H groups in total. The lowest BCUT2D eigenvalue weighted by Gasteiger charge is -2.22. The Hall–Kier alpha value is -2.18. The summed E-state index contributed by atoms with van der Waals surface area (Å²) in [4.78, 5) is 11.9. The molecule has 6 heteroatoms. The van der Waals surface area contributed by atoms with Crippen molar-refractivity contribution in [3.63, 3.8) is 0 Å². The van der Waals surface area contributed by atoms with Crippen LogP contribution in [0.2, 0.25) is 0 Å². The van der Waals surface area contributed by atoms with E-state index in [-0.39, 0.29) is 6.54 Å². The third-order valence-electron chi connectivity index (χ3n) is 4.75. The molecule has 0 atom stereocenters. The number of rotatable bonds is 5. The van der Waals surface area contributed by atoms with E-state index in [0.29, 0.717) is 10.5 Å². The molecule has 0 aliphatic carbocycles. The Morgan fingerprint density at radius 2 is 1.50 bits per heavy atom. The van der Waals surface area contributed by atoms with Crippen LogP contribution in [0.25, 0.3) is 0 Å². The molecule has 0 aliphatic heterocycles. The summed E-state index contributed by atoms with van der Waals surface area (Å²) in [7, 11) is -0.739. The molecule has 0 unspecified atom stereocenters. The normalized spacial score (nSPS) is 11.7. The third kappa shape index (κ3) is 3.81. The van der Waals surface area contributed by atoms with Gasteiger partial charge in [-0.3, -0.25) is 0 Å². The van der Waals surface area contributed by atoms with Crippen LogP contribution in [0.5, 0.6) is 0 Å². The average Bonchev–Trinajstić information content (AvgIpc) is 2.60. The van der Waals surface area contributed by atoms with Crippen LogP contribution in [0, 0.1) is 27.7 Å². The Bertz CT molecular complexity index is 905. The monoisotopic (exact) mass is 375 g/mol. The summed E-state index contributed by atoms with van der Waals surface area (Å²) < 4.78 is 32.3. The number of nitrogens with zero attached hydrogens (tertiary/aromatic N) is 1. The Morgan fingerprint density at radius 3 is 1.96 bits per heavy atom. The molecule has 0 saturated heterocycles. The topological polar surface area (TPSA) is 63.7 Å². The fourth-order valence-electron chi connectivity index (χ4n) is 2.93. The van der Waals surface area contributed by atoms with Crippen molar-refractivity contribution in [3.05, 3.63) is 63.7 Å². The summed E-state index contributed by atoms with van der Waals surface area (Å²) in [5, 5.41) is 0. The van der Waals surface area contributed by atoms with Crippen molar-refractivity contribution in [2.24, 2.45) is 0 Å². The van der Waals surface area contributed by atoms with Crippen LogP contribution in [0.15, 0.2) is 35.2 Å². The van der Waals surface area contributed by atoms with E-state index in [1.807, 2.05) is 33.8 Å². The van der Waals surface area contributed by atoms with E-state index < -0.39 is 16.0 Å². The first-order valence-electron chi connectivity index (χ1n) is 8.30. The van der Waals surface area contributed by atoms with Crippen LogP contribution in [0.4, 0.5) is 0 Å². The largest absolute Gasteiger partial charge is 0.465 e. The van der Waals surface area contributed by atoms with Crippen LogP contribution >= 0.6 is 0 Å². The molecule has 0 radical (unpaired) electrons. The summed E-state index contributed by atoms with van der Waals surface area (Å²) in [5.74, 6) is -0.418. The van der Waals surface area contributed by atoms with Crippen molar-refractivity contribution in [1.29, 1.82) is 0 Å². The SMILES string of the molecule is COC(=O)c1ccc(CN(C)S(=O)(=O)c2c(C)c(C)cc(C)c2C)cc1. The van der Waals surface area contributed by atoms with Gasteiger partial charge in [0.2, 0.25) is 10.0 Å². The Morgan fingerprint density at radius 1 is 1.00 bits per heavy atom. The zero-order valence-electron chi connectivity index (χ0n) is 16.1. The van der Waals surface area contributed by atoms with E-state index in [4.69, 9.17) is 0 Å². The Kier molecular flexibility index (Phi) is 5.88. The van der Waals surface area contributed by atoms with Gasteiger partial charge in [0.1, 0.15) is 0 Å². The minimum atomic E-state index is -3.63. The molecular weight excluding hydrogens is 350 g/mol. The minimum Gasteiger partial charge on any atom is -0.465 e. The number of hydrogen-bond donors (Lipinski definition) is 0. The van der Waals surface area contributed by atoms with Gasteiger partial charge in [0.05, 0.1) is 17.6 Å². The van der Waals surface area contributed by atoms with Crippen molar-refractivity contribution >= 4 is 16.0 Å². The number of hydrogen-bond acceptors (Lipinski definition) is 4. The van der Waals surface area contributed by atoms with Crippen LogP contribution in [-0.2, 0) is 21.3 Å². The highest BCUT2D eigenvalue weighted by Crippen LogP contribution is 2.28. The summed E-state index contributed by atoms with van der Waals surface area (Å²) in [6, 6.07) is 8.75. The second-order valence-corrected chi connectivity index (χ2v) is 8.52. The highest BCUT2D eigenvalue weighted by atomic mass is 32.2. The number of aryl methyl sites for hydroxylation is 2. The number of carbonyl (C=O) groups is 1. The van der Waals surface area contributed by atoms with E-state index in [9.17, 15) is 13.2 Å². The number of carbonyl (C=O) groups excluding carboxylic acids is 1. The van der Waals surface area contributed by atoms with Gasteiger partial charge in [0.15, 0.2) is 0 Å². The molecule has 2 aromatic carbocycles. The van der Waals surface area contributed by atoms with Crippen molar-refractivity contribution < 1.29 is 17.9 Å². The quantitative estimate of drug-likeness (QED) is 0.750. The molecule has 0 amide bonds. The number of benzene rings is 2. The number of sulfonamides is 1. The highest BCUT2D eigenvalue weighted by Gasteiger charge is 2.26. The molecule has 0 bridgehead atoms. The molecule has 0 spiro atoms. The lowest BCUT2D eigenvalue weighted by molar-refractivity contribution is 0.0600. The molecule has 2 rings (SSSR count). The van der Waals surface area contributed by atoms with Crippen LogP contribution in [-0.4, -0.2) is 32.8 Å². The highest BCUT2D eigenvalue weighted by molar-refractivity contribution is 7.89. The van der Waals surface area contributed by atoms with E-state index >= 15 is 0 Å². The third-order valence-corrected chi connectivity index (χ3v) is 6.82. The molecule has 2 aromatic rings. The lowest BCUT2D eigenvalue weighted by Crippen LogP contribution is -2.28. The number of esters is 1. The van der Waals surface area contributed by atoms with Gasteiger partial charge in [-0.05, 0) is 67.6 Å². The molecule has 5 nitrogen and oxygen atoms in total. The van der Waals surface area contributed by atoms with Crippen molar-refractivity contribution in [2.45, 2.75) is 39.1 Å². The molecule has 0 aliphatic rings. The zero-order chi connectivity index (χ0) is 19.6. The van der Waals surface area contributed by atoms with Gasteiger partial charge in [-0.1, -0.05) is 18.2 Å². The second-order valence-electron chi connectivity index (χ2n) is 6.54. The summed E-state index contributed by atoms with van der Waals surface area (Å²) in [6.45, 7) is 7.75. The summed E-state index contributed by atoms with van der Waals surface area (Å²) in [6.07, 6.45) is 0. The molecule has 26 heavy (non-hydrogen) atoms. The van der Waals surface area contributed by atoms with Crippen molar-refractivity contribution in [3.8, 4) is 0 Å². The minimum absolute atomic E-state index is 0.218. The molecular formula is C20H25NO4S. The molecule has 0 aromatic heterocycles. The average molecular weight is 375 g/mol. The van der Waals surface area contributed by atoms with E-state index in [1.165, 1.54) is 11.4 Å². The predicted octanol–water partition coefficient (Wildman–Crippen LogP) is 3.53. The predicted molar refractivity (Wildman–Crippen MR) is 102 cm³/mol. The molecule has 0 fully saturated rings. The van der Waals surface area contributed by atoms with Crippen LogP contribution < -0.4 is 0 Å². The van der Waals surface area contributed by atoms with Crippen molar-refractivity contribution in [2.75, 3.05) is 14.2 Å². The fourth-order valence-corrected chi connectivity index (χ4v) is 4.66. The number of ether oxygens (including phenoxy) is 1. The van der Waals surface area contributed by atoms with Gasteiger partial charge in [-0.25, -0.2) is 13.2 Å². The first kappa shape index (κ1) is 20.1. The summed E-state index contributed by atoms with van der Waals surface area (Å²) in [5.41, 5.74) is 4.71. The van der Waals surface area contributed by atoms with Crippen molar-refractivity contribution in [1.82, 2.24) is 4.31 Å². The maximum atomic E-state index is 13.2. The lowest BCUT2D eigenvalue weighted by atomic mass is 10.0. The van der Waals surface area contributed by atoms with Gasteiger partial charge in [0, 0.05) is 13.6 Å². The Labute approximate surface area is 155 Å². The number of methoxy groups -OCH3 is 1.